The first kappa shape index (κ1) is 22.4. The Morgan fingerprint density at radius 2 is 0.878 bits per heavy atom. The highest BCUT2D eigenvalue weighted by molar-refractivity contribution is 6.24. The van der Waals surface area contributed by atoms with E-state index in [2.05, 4.69) is 146 Å². The summed E-state index contributed by atoms with van der Waals surface area (Å²) < 4.78 is 6.71. The molecule has 0 amide bonds. The SMILES string of the molecule is c1ccc2cc(-c3c4ccccc4c(-c4cccc5c4oc4cc6ccccc6cc45)c4ccccc34)ccc2c1. The number of rotatable bonds is 2. The molecule has 0 atom stereocenters. The Bertz CT molecular complexity index is 2420. The number of hydrogen-bond donors (Lipinski definition) is 0. The molecule has 9 aromatic rings. The summed E-state index contributed by atoms with van der Waals surface area (Å²) in [7, 11) is 0. The number of furan rings is 1. The Balaban J connectivity index is 1.40. The third kappa shape index (κ3) is 3.30. The van der Waals surface area contributed by atoms with Crippen molar-refractivity contribution in [3.05, 3.63) is 146 Å². The zero-order valence-electron chi connectivity index (χ0n) is 22.3. The predicted octanol–water partition coefficient (Wildman–Crippen LogP) is 11.5. The highest BCUT2D eigenvalue weighted by atomic mass is 16.3. The molecule has 9 rings (SSSR count). The molecule has 1 heterocycles. The van der Waals surface area contributed by atoms with Crippen molar-refractivity contribution in [2.24, 2.45) is 0 Å². The summed E-state index contributed by atoms with van der Waals surface area (Å²) in [5.74, 6) is 0. The molecular weight excluding hydrogens is 496 g/mol. The lowest BCUT2D eigenvalue weighted by atomic mass is 9.85. The van der Waals surface area contributed by atoms with E-state index in [9.17, 15) is 0 Å². The Labute approximate surface area is 236 Å². The van der Waals surface area contributed by atoms with Crippen molar-refractivity contribution in [2.75, 3.05) is 0 Å². The molecule has 0 bridgehead atoms. The molecule has 1 heteroatoms. The van der Waals surface area contributed by atoms with Crippen molar-refractivity contribution in [2.45, 2.75) is 0 Å². The number of fused-ring (bicyclic) bond motifs is 7. The van der Waals surface area contributed by atoms with Crippen LogP contribution in [0.4, 0.5) is 0 Å². The first-order valence-corrected chi connectivity index (χ1v) is 14.1. The third-order valence-electron chi connectivity index (χ3n) is 8.60. The normalized spacial score (nSPS) is 11.9. The summed E-state index contributed by atoms with van der Waals surface area (Å²) in [6, 6.07) is 52.6. The molecule has 0 saturated carbocycles. The lowest BCUT2D eigenvalue weighted by Crippen LogP contribution is -1.91. The van der Waals surface area contributed by atoms with Crippen molar-refractivity contribution in [3.8, 4) is 22.3 Å². The van der Waals surface area contributed by atoms with E-state index >= 15 is 0 Å². The van der Waals surface area contributed by atoms with Gasteiger partial charge in [0.1, 0.15) is 11.2 Å². The lowest BCUT2D eigenvalue weighted by Gasteiger charge is -2.18. The average Bonchev–Trinajstić information content (AvgIpc) is 3.40. The van der Waals surface area contributed by atoms with Crippen LogP contribution in [-0.2, 0) is 0 Å². The highest BCUT2D eigenvalue weighted by Gasteiger charge is 2.20. The van der Waals surface area contributed by atoms with Crippen molar-refractivity contribution in [1.82, 2.24) is 0 Å². The van der Waals surface area contributed by atoms with Crippen LogP contribution in [0.25, 0.3) is 87.3 Å². The van der Waals surface area contributed by atoms with Gasteiger partial charge in [-0.05, 0) is 72.4 Å². The summed E-state index contributed by atoms with van der Waals surface area (Å²) in [5.41, 5.74) is 6.71. The maximum absolute atomic E-state index is 6.71. The predicted molar refractivity (Wildman–Crippen MR) is 175 cm³/mol. The monoisotopic (exact) mass is 520 g/mol. The second-order valence-electron chi connectivity index (χ2n) is 10.9. The fourth-order valence-corrected chi connectivity index (χ4v) is 6.75. The van der Waals surface area contributed by atoms with Gasteiger partial charge in [-0.25, -0.2) is 0 Å². The third-order valence-corrected chi connectivity index (χ3v) is 8.60. The smallest absolute Gasteiger partial charge is 0.143 e. The molecular formula is C40H24O. The maximum Gasteiger partial charge on any atom is 0.143 e. The summed E-state index contributed by atoms with van der Waals surface area (Å²) >= 11 is 0. The Kier molecular flexibility index (Phi) is 4.67. The van der Waals surface area contributed by atoms with E-state index in [4.69, 9.17) is 4.42 Å². The van der Waals surface area contributed by atoms with Gasteiger partial charge in [-0.1, -0.05) is 127 Å². The standard InChI is InChI=1S/C40H24O/c1-2-11-26-22-29(21-20-25(26)10-1)38-30-14-5-7-16-32(30)39(33-17-8-6-15-31(33)38)35-19-9-18-34-36-23-27-12-3-4-13-28(27)24-37(36)41-40(34)35/h1-24H. The first-order valence-electron chi connectivity index (χ1n) is 14.1. The molecule has 41 heavy (non-hydrogen) atoms. The van der Waals surface area contributed by atoms with Gasteiger partial charge in [-0.15, -0.1) is 0 Å². The van der Waals surface area contributed by atoms with Crippen molar-refractivity contribution >= 4 is 65.0 Å². The minimum Gasteiger partial charge on any atom is -0.455 e. The van der Waals surface area contributed by atoms with Crippen LogP contribution in [0.5, 0.6) is 0 Å². The number of hydrogen-bond acceptors (Lipinski definition) is 1. The second kappa shape index (κ2) is 8.55. The molecule has 1 aromatic heterocycles. The molecule has 1 nitrogen and oxygen atoms in total. The van der Waals surface area contributed by atoms with Crippen LogP contribution >= 0.6 is 0 Å². The quantitative estimate of drug-likeness (QED) is 0.207. The summed E-state index contributed by atoms with van der Waals surface area (Å²) in [5, 5.41) is 12.2. The van der Waals surface area contributed by atoms with E-state index in [-0.39, 0.29) is 0 Å². The fourth-order valence-electron chi connectivity index (χ4n) is 6.75. The van der Waals surface area contributed by atoms with Gasteiger partial charge in [0.05, 0.1) is 0 Å². The van der Waals surface area contributed by atoms with Gasteiger partial charge in [-0.3, -0.25) is 0 Å². The van der Waals surface area contributed by atoms with E-state index in [1.54, 1.807) is 0 Å². The zero-order valence-corrected chi connectivity index (χ0v) is 22.3. The Morgan fingerprint density at radius 1 is 0.341 bits per heavy atom. The average molecular weight is 521 g/mol. The van der Waals surface area contributed by atoms with Crippen LogP contribution in [0.15, 0.2) is 150 Å². The molecule has 8 aromatic carbocycles. The molecule has 0 aliphatic heterocycles. The van der Waals surface area contributed by atoms with E-state index in [0.717, 1.165) is 27.5 Å². The molecule has 0 radical (unpaired) electrons. The number of para-hydroxylation sites is 1. The topological polar surface area (TPSA) is 13.1 Å². The van der Waals surface area contributed by atoms with Gasteiger partial charge in [-0.2, -0.15) is 0 Å². The van der Waals surface area contributed by atoms with Crippen molar-refractivity contribution in [3.63, 3.8) is 0 Å². The van der Waals surface area contributed by atoms with E-state index in [1.165, 1.54) is 59.8 Å². The van der Waals surface area contributed by atoms with Gasteiger partial charge < -0.3 is 4.42 Å². The Hall–Kier alpha value is -5.40. The molecule has 0 unspecified atom stereocenters. The van der Waals surface area contributed by atoms with E-state index in [0.29, 0.717) is 0 Å². The highest BCUT2D eigenvalue weighted by Crippen LogP contribution is 2.46. The lowest BCUT2D eigenvalue weighted by molar-refractivity contribution is 0.670. The largest absolute Gasteiger partial charge is 0.455 e. The van der Waals surface area contributed by atoms with Gasteiger partial charge in [0.25, 0.3) is 0 Å². The molecule has 0 aliphatic carbocycles. The summed E-state index contributed by atoms with van der Waals surface area (Å²) in [6.07, 6.45) is 0. The minimum atomic E-state index is 0.924. The van der Waals surface area contributed by atoms with Gasteiger partial charge in [0, 0.05) is 21.9 Å². The van der Waals surface area contributed by atoms with Crippen molar-refractivity contribution < 1.29 is 4.42 Å². The zero-order chi connectivity index (χ0) is 26.9. The number of benzene rings is 8. The van der Waals surface area contributed by atoms with Gasteiger partial charge >= 0.3 is 0 Å². The van der Waals surface area contributed by atoms with Crippen molar-refractivity contribution in [1.29, 1.82) is 0 Å². The van der Waals surface area contributed by atoms with Crippen LogP contribution in [-0.4, -0.2) is 0 Å². The maximum atomic E-state index is 6.71. The first-order chi connectivity index (χ1) is 20.3. The molecule has 0 fully saturated rings. The molecule has 0 N–H and O–H groups in total. The summed E-state index contributed by atoms with van der Waals surface area (Å²) in [6.45, 7) is 0. The fraction of sp³-hybridized carbons (Fsp3) is 0. The van der Waals surface area contributed by atoms with Crippen LogP contribution in [0.1, 0.15) is 0 Å². The van der Waals surface area contributed by atoms with Crippen LogP contribution < -0.4 is 0 Å². The van der Waals surface area contributed by atoms with E-state index in [1.807, 2.05) is 0 Å². The van der Waals surface area contributed by atoms with Crippen LogP contribution in [0, 0.1) is 0 Å². The molecule has 190 valence electrons. The van der Waals surface area contributed by atoms with Crippen LogP contribution in [0.3, 0.4) is 0 Å². The summed E-state index contributed by atoms with van der Waals surface area (Å²) in [4.78, 5) is 0. The van der Waals surface area contributed by atoms with Gasteiger partial charge in [0.2, 0.25) is 0 Å². The molecule has 0 spiro atoms. The Morgan fingerprint density at radius 3 is 1.56 bits per heavy atom. The van der Waals surface area contributed by atoms with E-state index < -0.39 is 0 Å². The van der Waals surface area contributed by atoms with Gasteiger partial charge in [0.15, 0.2) is 0 Å². The second-order valence-corrected chi connectivity index (χ2v) is 10.9. The minimum absolute atomic E-state index is 0.924. The molecule has 0 aliphatic rings. The molecule has 0 saturated heterocycles. The van der Waals surface area contributed by atoms with Crippen LogP contribution in [0.2, 0.25) is 0 Å².